The number of amides is 1. The zero-order chi connectivity index (χ0) is 19.2. The quantitative estimate of drug-likeness (QED) is 0.299. The van der Waals surface area contributed by atoms with Gasteiger partial charge in [-0.3, -0.25) is 9.79 Å². The normalized spacial score (nSPS) is 22.5. The maximum Gasteiger partial charge on any atom is 0.228 e. The fourth-order valence-corrected chi connectivity index (χ4v) is 3.39. The topological polar surface area (TPSA) is 104 Å². The van der Waals surface area contributed by atoms with E-state index in [1.165, 1.54) is 0 Å². The zero-order valence-electron chi connectivity index (χ0n) is 17.0. The first-order valence-corrected chi connectivity index (χ1v) is 10.1. The molecule has 2 unspecified atom stereocenters. The Morgan fingerprint density at radius 2 is 2.00 bits per heavy atom. The van der Waals surface area contributed by atoms with Gasteiger partial charge in [-0.2, -0.15) is 4.98 Å². The first-order valence-electron chi connectivity index (χ1n) is 10.1. The smallest absolute Gasteiger partial charge is 0.228 e. The summed E-state index contributed by atoms with van der Waals surface area (Å²) in [6.07, 6.45) is 6.90. The van der Waals surface area contributed by atoms with Crippen LogP contribution in [0.25, 0.3) is 0 Å². The molecule has 9 heteroatoms. The number of aromatic nitrogens is 2. The monoisotopic (exact) mass is 504 g/mol. The molecule has 2 aliphatic carbocycles. The van der Waals surface area contributed by atoms with E-state index in [0.29, 0.717) is 24.9 Å². The highest BCUT2D eigenvalue weighted by Crippen LogP contribution is 2.26. The molecule has 1 heterocycles. The highest BCUT2D eigenvalue weighted by Gasteiger charge is 2.31. The number of carbonyl (C=O) groups excluding carboxylic acids is 1. The molecule has 8 nitrogen and oxygen atoms in total. The molecule has 2 fully saturated rings. The van der Waals surface area contributed by atoms with Crippen LogP contribution in [0.5, 0.6) is 0 Å². The van der Waals surface area contributed by atoms with Crippen LogP contribution in [0.1, 0.15) is 70.0 Å². The molecule has 2 saturated carbocycles. The van der Waals surface area contributed by atoms with Crippen LogP contribution >= 0.6 is 24.0 Å². The van der Waals surface area contributed by atoms with Crippen molar-refractivity contribution in [3.05, 3.63) is 11.7 Å². The predicted molar refractivity (Wildman–Crippen MR) is 119 cm³/mol. The van der Waals surface area contributed by atoms with Crippen molar-refractivity contribution < 1.29 is 9.32 Å². The van der Waals surface area contributed by atoms with Crippen LogP contribution in [-0.4, -0.2) is 47.7 Å². The van der Waals surface area contributed by atoms with E-state index in [0.717, 1.165) is 50.3 Å². The number of hydrogen-bond acceptors (Lipinski definition) is 5. The lowest BCUT2D eigenvalue weighted by Gasteiger charge is -2.30. The number of aliphatic imine (C=N–C) groups is 1. The van der Waals surface area contributed by atoms with Crippen molar-refractivity contribution in [2.45, 2.75) is 76.8 Å². The Hall–Kier alpha value is -1.39. The van der Waals surface area contributed by atoms with Gasteiger partial charge in [0.25, 0.3) is 0 Å². The summed E-state index contributed by atoms with van der Waals surface area (Å²) in [5.41, 5.74) is 0. The van der Waals surface area contributed by atoms with Crippen LogP contribution in [0.15, 0.2) is 9.52 Å². The number of halogens is 1. The average molecular weight is 504 g/mol. The molecule has 0 aliphatic heterocycles. The van der Waals surface area contributed by atoms with Gasteiger partial charge in [-0.25, -0.2) is 0 Å². The maximum atomic E-state index is 12.3. The zero-order valence-corrected chi connectivity index (χ0v) is 19.4. The molecule has 28 heavy (non-hydrogen) atoms. The lowest BCUT2D eigenvalue weighted by Crippen LogP contribution is -2.47. The summed E-state index contributed by atoms with van der Waals surface area (Å²) >= 11 is 0. The molecule has 1 amide bonds. The van der Waals surface area contributed by atoms with Crippen LogP contribution in [-0.2, 0) is 11.2 Å². The Labute approximate surface area is 184 Å². The van der Waals surface area contributed by atoms with E-state index >= 15 is 0 Å². The summed E-state index contributed by atoms with van der Waals surface area (Å²) in [7, 11) is 1.76. The lowest BCUT2D eigenvalue weighted by molar-refractivity contribution is -0.126. The molecule has 1 aromatic rings. The number of nitrogens with one attached hydrogen (secondary N) is 3. The summed E-state index contributed by atoms with van der Waals surface area (Å²) in [4.78, 5) is 21.0. The Morgan fingerprint density at radius 3 is 2.64 bits per heavy atom. The fourth-order valence-electron chi connectivity index (χ4n) is 3.39. The minimum Gasteiger partial charge on any atom is -0.356 e. The number of nitrogens with zero attached hydrogens (tertiary/aromatic N) is 3. The molecule has 0 spiro atoms. The summed E-state index contributed by atoms with van der Waals surface area (Å²) in [5, 5.41) is 13.9. The summed E-state index contributed by atoms with van der Waals surface area (Å²) < 4.78 is 5.26. The second-order valence-corrected chi connectivity index (χ2v) is 7.94. The van der Waals surface area contributed by atoms with Gasteiger partial charge in [0.15, 0.2) is 11.8 Å². The molecule has 2 atom stereocenters. The van der Waals surface area contributed by atoms with E-state index in [-0.39, 0.29) is 47.8 Å². The average Bonchev–Trinajstić information content (AvgIpc) is 3.34. The van der Waals surface area contributed by atoms with Crippen molar-refractivity contribution in [2.24, 2.45) is 10.9 Å². The van der Waals surface area contributed by atoms with Crippen molar-refractivity contribution in [1.82, 2.24) is 26.1 Å². The predicted octanol–water partition coefficient (Wildman–Crippen LogP) is 2.36. The van der Waals surface area contributed by atoms with Gasteiger partial charge < -0.3 is 20.5 Å². The summed E-state index contributed by atoms with van der Waals surface area (Å²) in [6, 6.07) is 0.706. The molecule has 158 valence electrons. The first kappa shape index (κ1) is 22.9. The van der Waals surface area contributed by atoms with Crippen molar-refractivity contribution in [3.63, 3.8) is 0 Å². The van der Waals surface area contributed by atoms with Crippen LogP contribution in [0.4, 0.5) is 0 Å². The number of hydrogen-bond donors (Lipinski definition) is 3. The molecule has 0 aromatic carbocycles. The van der Waals surface area contributed by atoms with Gasteiger partial charge in [0, 0.05) is 43.9 Å². The highest BCUT2D eigenvalue weighted by atomic mass is 127. The van der Waals surface area contributed by atoms with E-state index in [4.69, 9.17) is 4.52 Å². The molecule has 3 N–H and O–H groups in total. The summed E-state index contributed by atoms with van der Waals surface area (Å²) in [6.45, 7) is 4.75. The Bertz CT molecular complexity index is 659. The van der Waals surface area contributed by atoms with Crippen molar-refractivity contribution in [3.8, 4) is 0 Å². The Balaban J connectivity index is 0.00000280. The standard InChI is InChI=1S/C19H32N6O2.HI/c1-12(2)17-24-16(27-25-17)9-10-21-19(20-3)23-15-6-4-5-13(11-15)18(26)22-14-7-8-14;/h12-15H,4-11H2,1-3H3,(H,22,26)(H2,20,21,23);1H. The first-order chi connectivity index (χ1) is 13.0. The van der Waals surface area contributed by atoms with Gasteiger partial charge in [0.1, 0.15) is 0 Å². The van der Waals surface area contributed by atoms with Crippen LogP contribution < -0.4 is 16.0 Å². The Morgan fingerprint density at radius 1 is 1.21 bits per heavy atom. The SMILES string of the molecule is CN=C(NCCc1nc(C(C)C)no1)NC1CCCC(C(=O)NC2CC2)C1.I. The summed E-state index contributed by atoms with van der Waals surface area (Å²) in [5.74, 6) is 2.74. The minimum atomic E-state index is 0. The van der Waals surface area contributed by atoms with Gasteiger partial charge in [0.2, 0.25) is 11.8 Å². The molecule has 3 rings (SSSR count). The van der Waals surface area contributed by atoms with Crippen molar-refractivity contribution in [1.29, 1.82) is 0 Å². The molecule has 0 radical (unpaired) electrons. The molecular formula is C19H33IN6O2. The van der Waals surface area contributed by atoms with Crippen LogP contribution in [0, 0.1) is 5.92 Å². The third-order valence-corrected chi connectivity index (χ3v) is 5.16. The van der Waals surface area contributed by atoms with Gasteiger partial charge >= 0.3 is 0 Å². The van der Waals surface area contributed by atoms with E-state index in [1.54, 1.807) is 7.05 Å². The van der Waals surface area contributed by atoms with E-state index in [2.05, 4.69) is 31.1 Å². The minimum absolute atomic E-state index is 0. The number of rotatable bonds is 7. The molecule has 2 aliphatic rings. The molecule has 1 aromatic heterocycles. The lowest BCUT2D eigenvalue weighted by atomic mass is 9.85. The van der Waals surface area contributed by atoms with Gasteiger partial charge in [0.05, 0.1) is 0 Å². The van der Waals surface area contributed by atoms with Crippen molar-refractivity contribution >= 4 is 35.8 Å². The third kappa shape index (κ3) is 6.89. The van der Waals surface area contributed by atoms with Crippen LogP contribution in [0.2, 0.25) is 0 Å². The van der Waals surface area contributed by atoms with Gasteiger partial charge in [-0.15, -0.1) is 24.0 Å². The number of carbonyl (C=O) groups is 1. The highest BCUT2D eigenvalue weighted by molar-refractivity contribution is 14.0. The maximum absolute atomic E-state index is 12.3. The van der Waals surface area contributed by atoms with Gasteiger partial charge in [-0.05, 0) is 32.1 Å². The largest absolute Gasteiger partial charge is 0.356 e. The second-order valence-electron chi connectivity index (χ2n) is 7.94. The Kier molecular flexibility index (Phi) is 8.97. The van der Waals surface area contributed by atoms with Crippen LogP contribution in [0.3, 0.4) is 0 Å². The van der Waals surface area contributed by atoms with E-state index in [1.807, 2.05) is 13.8 Å². The number of guanidine groups is 1. The second kappa shape index (κ2) is 11.0. The molecular weight excluding hydrogens is 471 g/mol. The molecule has 0 saturated heterocycles. The van der Waals surface area contributed by atoms with E-state index < -0.39 is 0 Å². The fraction of sp³-hybridized carbons (Fsp3) is 0.789. The van der Waals surface area contributed by atoms with E-state index in [9.17, 15) is 4.79 Å². The van der Waals surface area contributed by atoms with Crippen molar-refractivity contribution in [2.75, 3.05) is 13.6 Å². The third-order valence-electron chi connectivity index (χ3n) is 5.16. The van der Waals surface area contributed by atoms with Gasteiger partial charge in [-0.1, -0.05) is 25.4 Å². The molecule has 0 bridgehead atoms.